The number of ether oxygens (including phenoxy) is 1. The van der Waals surface area contributed by atoms with Crippen LogP contribution >= 0.6 is 23.2 Å². The van der Waals surface area contributed by atoms with Gasteiger partial charge in [0.1, 0.15) is 17.0 Å². The smallest absolute Gasteiger partial charge is 0.129 e. The van der Waals surface area contributed by atoms with Crippen molar-refractivity contribution in [2.45, 2.75) is 45.1 Å². The van der Waals surface area contributed by atoms with Gasteiger partial charge in [-0.2, -0.15) is 5.26 Å². The molecule has 0 N–H and O–H groups in total. The molecule has 0 bridgehead atoms. The fourth-order valence-corrected chi connectivity index (χ4v) is 4.01. The first-order valence-electron chi connectivity index (χ1n) is 9.89. The highest BCUT2D eigenvalue weighted by atomic mass is 35.5. The molecule has 1 aromatic carbocycles. The van der Waals surface area contributed by atoms with Gasteiger partial charge in [0, 0.05) is 17.3 Å². The van der Waals surface area contributed by atoms with E-state index in [0.29, 0.717) is 21.7 Å². The quantitative estimate of drug-likeness (QED) is 0.367. The van der Waals surface area contributed by atoms with Crippen LogP contribution in [0.1, 0.15) is 49.4 Å². The van der Waals surface area contributed by atoms with Crippen LogP contribution in [0.2, 0.25) is 10.2 Å². The van der Waals surface area contributed by atoms with Crippen molar-refractivity contribution in [3.8, 4) is 11.8 Å². The second kappa shape index (κ2) is 9.96. The summed E-state index contributed by atoms with van der Waals surface area (Å²) in [6.45, 7) is 6.28. The summed E-state index contributed by atoms with van der Waals surface area (Å²) in [6.07, 6.45) is 9.48. The number of aromatic nitrogens is 1. The molecule has 3 rings (SSSR count). The molecule has 1 aromatic heterocycles. The van der Waals surface area contributed by atoms with Crippen molar-refractivity contribution in [1.29, 1.82) is 5.26 Å². The summed E-state index contributed by atoms with van der Waals surface area (Å²) in [6, 6.07) is 11.1. The first kappa shape index (κ1) is 21.4. The van der Waals surface area contributed by atoms with Gasteiger partial charge in [0.2, 0.25) is 0 Å². The van der Waals surface area contributed by atoms with E-state index in [0.717, 1.165) is 54.7 Å². The van der Waals surface area contributed by atoms with Gasteiger partial charge in [-0.1, -0.05) is 48.9 Å². The molecule has 1 saturated carbocycles. The third-order valence-corrected chi connectivity index (χ3v) is 5.80. The summed E-state index contributed by atoms with van der Waals surface area (Å²) >= 11 is 12.1. The second-order valence-electron chi connectivity index (χ2n) is 7.27. The molecule has 0 radical (unpaired) electrons. The minimum absolute atomic E-state index is 0.180. The van der Waals surface area contributed by atoms with Crippen molar-refractivity contribution in [2.24, 2.45) is 5.92 Å². The maximum absolute atomic E-state index is 8.97. The number of pyridine rings is 1. The average molecular weight is 427 g/mol. The highest BCUT2D eigenvalue weighted by Gasteiger charge is 2.21. The molecule has 1 aliphatic carbocycles. The zero-order valence-electron chi connectivity index (χ0n) is 16.5. The molecule has 2 aromatic rings. The number of nitriles is 1. The molecule has 5 heteroatoms. The molecule has 0 unspecified atom stereocenters. The van der Waals surface area contributed by atoms with Crippen LogP contribution < -0.4 is 4.74 Å². The molecule has 0 aliphatic heterocycles. The van der Waals surface area contributed by atoms with E-state index in [4.69, 9.17) is 33.2 Å². The number of halogens is 2. The van der Waals surface area contributed by atoms with Gasteiger partial charge in [-0.25, -0.2) is 4.98 Å². The minimum atomic E-state index is 0.180. The van der Waals surface area contributed by atoms with Crippen molar-refractivity contribution < 1.29 is 4.74 Å². The summed E-state index contributed by atoms with van der Waals surface area (Å²) in [4.78, 5) is 4.40. The van der Waals surface area contributed by atoms with Gasteiger partial charge in [0.15, 0.2) is 0 Å². The van der Waals surface area contributed by atoms with E-state index in [1.807, 2.05) is 18.2 Å². The Balaban J connectivity index is 1.54. The number of hydrogen-bond donors (Lipinski definition) is 0. The Bertz CT molecular complexity index is 954. The lowest BCUT2D eigenvalue weighted by Crippen LogP contribution is -2.23. The standard InChI is InChI=1S/C24H24Cl2N2O/c1-3-23-21(12-13-24(26)28-23)16(2)4-5-17-6-9-19(10-7-17)29-20-11-8-18(15-27)22(25)14-20/h4-5,8,11-14,17,19H,2-3,6-7,9-10H2,1H3/b5-4+/t17-,19-. The molecular weight excluding hydrogens is 403 g/mol. The first-order valence-corrected chi connectivity index (χ1v) is 10.6. The van der Waals surface area contributed by atoms with Crippen LogP contribution in [0, 0.1) is 17.2 Å². The Morgan fingerprint density at radius 2 is 2.00 bits per heavy atom. The van der Waals surface area contributed by atoms with E-state index in [1.54, 1.807) is 12.1 Å². The summed E-state index contributed by atoms with van der Waals surface area (Å²) in [7, 11) is 0. The molecule has 1 aliphatic rings. The summed E-state index contributed by atoms with van der Waals surface area (Å²) in [5.74, 6) is 1.24. The van der Waals surface area contributed by atoms with E-state index in [2.05, 4.69) is 36.7 Å². The van der Waals surface area contributed by atoms with Crippen LogP contribution in [0.15, 0.2) is 49.1 Å². The van der Waals surface area contributed by atoms with Gasteiger partial charge in [-0.15, -0.1) is 0 Å². The second-order valence-corrected chi connectivity index (χ2v) is 8.07. The van der Waals surface area contributed by atoms with Gasteiger partial charge in [0.05, 0.1) is 16.7 Å². The summed E-state index contributed by atoms with van der Waals surface area (Å²) < 4.78 is 6.06. The third-order valence-electron chi connectivity index (χ3n) is 5.27. The van der Waals surface area contributed by atoms with E-state index >= 15 is 0 Å². The molecule has 3 nitrogen and oxygen atoms in total. The topological polar surface area (TPSA) is 45.9 Å². The molecule has 1 heterocycles. The molecule has 0 spiro atoms. The van der Waals surface area contributed by atoms with Gasteiger partial charge in [-0.3, -0.25) is 0 Å². The molecular formula is C24H24Cl2N2O. The van der Waals surface area contributed by atoms with E-state index in [9.17, 15) is 0 Å². The van der Waals surface area contributed by atoms with Crippen LogP contribution in [0.4, 0.5) is 0 Å². The number of allylic oxidation sites excluding steroid dienone is 3. The predicted molar refractivity (Wildman–Crippen MR) is 119 cm³/mol. The van der Waals surface area contributed by atoms with Crippen molar-refractivity contribution in [3.63, 3.8) is 0 Å². The Kier molecular flexibility index (Phi) is 7.36. The summed E-state index contributed by atoms with van der Waals surface area (Å²) in [5, 5.41) is 9.92. The van der Waals surface area contributed by atoms with Gasteiger partial charge in [0.25, 0.3) is 0 Å². The monoisotopic (exact) mass is 426 g/mol. The van der Waals surface area contributed by atoms with Crippen LogP contribution in [-0.4, -0.2) is 11.1 Å². The lowest BCUT2D eigenvalue weighted by atomic mass is 9.86. The molecule has 150 valence electrons. The van der Waals surface area contributed by atoms with Crippen molar-refractivity contribution in [2.75, 3.05) is 0 Å². The van der Waals surface area contributed by atoms with Crippen molar-refractivity contribution in [1.82, 2.24) is 4.98 Å². The predicted octanol–water partition coefficient (Wildman–Crippen LogP) is 7.03. The van der Waals surface area contributed by atoms with Crippen molar-refractivity contribution >= 4 is 28.8 Å². The largest absolute Gasteiger partial charge is 0.490 e. The average Bonchev–Trinajstić information content (AvgIpc) is 2.73. The number of benzene rings is 1. The Morgan fingerprint density at radius 1 is 1.24 bits per heavy atom. The van der Waals surface area contributed by atoms with Crippen LogP contribution in [0.3, 0.4) is 0 Å². The third kappa shape index (κ3) is 5.63. The van der Waals surface area contributed by atoms with Gasteiger partial charge >= 0.3 is 0 Å². The van der Waals surface area contributed by atoms with Gasteiger partial charge < -0.3 is 4.74 Å². The van der Waals surface area contributed by atoms with Crippen LogP contribution in [-0.2, 0) is 6.42 Å². The van der Waals surface area contributed by atoms with E-state index in [1.165, 1.54) is 0 Å². The fourth-order valence-electron chi connectivity index (χ4n) is 3.63. The fraction of sp³-hybridized carbons (Fsp3) is 0.333. The highest BCUT2D eigenvalue weighted by molar-refractivity contribution is 6.31. The molecule has 0 amide bonds. The van der Waals surface area contributed by atoms with E-state index in [-0.39, 0.29) is 6.10 Å². The maximum Gasteiger partial charge on any atom is 0.129 e. The maximum atomic E-state index is 8.97. The molecule has 0 saturated heterocycles. The van der Waals surface area contributed by atoms with Crippen molar-refractivity contribution in [3.05, 3.63) is 76.1 Å². The van der Waals surface area contributed by atoms with E-state index < -0.39 is 0 Å². The minimum Gasteiger partial charge on any atom is -0.490 e. The van der Waals surface area contributed by atoms with Crippen LogP contribution in [0.25, 0.3) is 5.57 Å². The molecule has 29 heavy (non-hydrogen) atoms. The lowest BCUT2D eigenvalue weighted by molar-refractivity contribution is 0.141. The Morgan fingerprint density at radius 3 is 2.66 bits per heavy atom. The number of rotatable bonds is 6. The zero-order chi connectivity index (χ0) is 20.8. The van der Waals surface area contributed by atoms with Crippen LogP contribution in [0.5, 0.6) is 5.75 Å². The lowest BCUT2D eigenvalue weighted by Gasteiger charge is -2.27. The normalized spacial score (nSPS) is 19.1. The Labute approximate surface area is 182 Å². The number of nitrogens with zero attached hydrogens (tertiary/aromatic N) is 2. The molecule has 1 fully saturated rings. The SMILES string of the molecule is C=C(/C=C/[C@H]1CC[C@H](Oc2ccc(C#N)c(Cl)c2)CC1)c1ccc(Cl)nc1CC. The Hall–Kier alpha value is -2.28. The zero-order valence-corrected chi connectivity index (χ0v) is 18.0. The molecule has 0 atom stereocenters. The highest BCUT2D eigenvalue weighted by Crippen LogP contribution is 2.31. The number of aryl methyl sites for hydroxylation is 1. The number of hydrogen-bond acceptors (Lipinski definition) is 3. The first-order chi connectivity index (χ1) is 14.0. The van der Waals surface area contributed by atoms with Gasteiger partial charge in [-0.05, 0) is 67.9 Å². The summed E-state index contributed by atoms with van der Waals surface area (Å²) in [5.41, 5.74) is 3.47.